The first-order chi connectivity index (χ1) is 25.7. The maximum absolute atomic E-state index is 14.6. The molecule has 0 bridgehead atoms. The van der Waals surface area contributed by atoms with E-state index in [1.54, 1.807) is 13.1 Å². The smallest absolute Gasteiger partial charge is 0.472 e. The highest BCUT2D eigenvalue weighted by molar-refractivity contribution is 7.91. The van der Waals surface area contributed by atoms with Gasteiger partial charge in [0.2, 0.25) is 27.7 Å². The third-order valence-electron chi connectivity index (χ3n) is 10.8. The third kappa shape index (κ3) is 7.98. The molecular formula is C38H42F3N5O7S. The number of benzene rings is 2. The number of hydrogen-bond donors (Lipinski definition) is 3. The minimum atomic E-state index is -4.91. The Morgan fingerprint density at radius 1 is 1.06 bits per heavy atom. The van der Waals surface area contributed by atoms with Crippen LogP contribution in [0.4, 0.5) is 18.9 Å². The molecule has 0 unspecified atom stereocenters. The van der Waals surface area contributed by atoms with Crippen molar-refractivity contribution >= 4 is 44.2 Å². The summed E-state index contributed by atoms with van der Waals surface area (Å²) in [6, 6.07) is 12.4. The maximum Gasteiger partial charge on any atom is 0.573 e. The van der Waals surface area contributed by atoms with E-state index in [4.69, 9.17) is 4.74 Å². The molecule has 2 saturated carbocycles. The first kappa shape index (κ1) is 37.5. The summed E-state index contributed by atoms with van der Waals surface area (Å²) >= 11 is 0. The van der Waals surface area contributed by atoms with Crippen molar-refractivity contribution in [3.8, 4) is 11.6 Å². The van der Waals surface area contributed by atoms with E-state index in [1.165, 1.54) is 17.0 Å². The highest BCUT2D eigenvalue weighted by Crippen LogP contribution is 2.47. The summed E-state index contributed by atoms with van der Waals surface area (Å²) in [5.74, 6) is -2.59. The molecule has 3 amide bonds. The Morgan fingerprint density at radius 3 is 2.63 bits per heavy atom. The van der Waals surface area contributed by atoms with Crippen LogP contribution in [0.2, 0.25) is 0 Å². The lowest BCUT2D eigenvalue weighted by Gasteiger charge is -2.30. The van der Waals surface area contributed by atoms with E-state index in [9.17, 15) is 36.0 Å². The molecule has 1 saturated heterocycles. The van der Waals surface area contributed by atoms with Crippen molar-refractivity contribution < 1.29 is 45.4 Å². The average molecular weight is 770 g/mol. The summed E-state index contributed by atoms with van der Waals surface area (Å²) in [7, 11) is -4.01. The predicted molar refractivity (Wildman–Crippen MR) is 193 cm³/mol. The molecule has 0 spiro atoms. The maximum atomic E-state index is 14.6. The SMILES string of the molecule is CC1(S(=O)(=O)NC(=O)[C@@]23C[C@@H]2/C=C\CCCCC[C@H](Nc2cccc(OC(F)(F)F)c2)C(=O)N2C[C@H](Oc4nccc5ccccc45)C[C@H]2C(=O)N3)CC1. The van der Waals surface area contributed by atoms with Gasteiger partial charge in [0.15, 0.2) is 0 Å². The van der Waals surface area contributed by atoms with Gasteiger partial charge >= 0.3 is 6.36 Å². The summed E-state index contributed by atoms with van der Waals surface area (Å²) in [5.41, 5.74) is -1.33. The number of nitrogens with one attached hydrogen (secondary N) is 3. The molecule has 2 aliphatic heterocycles. The molecule has 5 atom stereocenters. The third-order valence-corrected chi connectivity index (χ3v) is 13.0. The second-order valence-electron chi connectivity index (χ2n) is 14.8. The lowest BCUT2D eigenvalue weighted by Crippen LogP contribution is -2.58. The number of pyridine rings is 1. The van der Waals surface area contributed by atoms with Gasteiger partial charge in [0, 0.05) is 35.7 Å². The van der Waals surface area contributed by atoms with Gasteiger partial charge in [-0.1, -0.05) is 49.3 Å². The van der Waals surface area contributed by atoms with Gasteiger partial charge in [-0.05, 0) is 75.1 Å². The number of fused-ring (bicyclic) bond motifs is 3. The summed E-state index contributed by atoms with van der Waals surface area (Å²) in [4.78, 5) is 48.6. The Bertz CT molecular complexity index is 2070. The number of allylic oxidation sites excluding steroid dienone is 1. The van der Waals surface area contributed by atoms with Crippen LogP contribution in [0.25, 0.3) is 10.8 Å². The molecule has 2 aromatic carbocycles. The Morgan fingerprint density at radius 2 is 1.85 bits per heavy atom. The topological polar surface area (TPSA) is 156 Å². The largest absolute Gasteiger partial charge is 0.573 e. The van der Waals surface area contributed by atoms with E-state index in [2.05, 4.69) is 25.1 Å². The Labute approximate surface area is 310 Å². The number of aromatic nitrogens is 1. The predicted octanol–water partition coefficient (Wildman–Crippen LogP) is 5.36. The number of carbonyl (C=O) groups is 3. The number of ether oxygens (including phenoxy) is 2. The van der Waals surface area contributed by atoms with Gasteiger partial charge in [0.05, 0.1) is 11.3 Å². The van der Waals surface area contributed by atoms with Gasteiger partial charge in [-0.25, -0.2) is 13.4 Å². The van der Waals surface area contributed by atoms with Crippen molar-refractivity contribution in [2.75, 3.05) is 11.9 Å². The van der Waals surface area contributed by atoms with Crippen LogP contribution in [-0.2, 0) is 24.4 Å². The van der Waals surface area contributed by atoms with Gasteiger partial charge < -0.3 is 25.0 Å². The van der Waals surface area contributed by atoms with Crippen LogP contribution in [0.1, 0.15) is 64.7 Å². The molecule has 3 aromatic rings. The number of sulfonamides is 1. The van der Waals surface area contributed by atoms with Crippen LogP contribution < -0.4 is 24.8 Å². The van der Waals surface area contributed by atoms with Crippen molar-refractivity contribution in [3.05, 3.63) is 72.9 Å². The average Bonchev–Trinajstić information content (AvgIpc) is 4.00. The molecular weight excluding hydrogens is 728 g/mol. The number of alkyl halides is 3. The summed E-state index contributed by atoms with van der Waals surface area (Å²) in [6.07, 6.45) is 3.77. The number of amides is 3. The molecule has 7 rings (SSSR count). The molecule has 4 aliphatic rings. The molecule has 1 aromatic heterocycles. The van der Waals surface area contributed by atoms with E-state index >= 15 is 0 Å². The molecule has 54 heavy (non-hydrogen) atoms. The molecule has 3 fully saturated rings. The zero-order valence-corrected chi connectivity index (χ0v) is 30.4. The zero-order chi connectivity index (χ0) is 38.3. The fourth-order valence-electron chi connectivity index (χ4n) is 7.27. The van der Waals surface area contributed by atoms with Crippen LogP contribution in [0.3, 0.4) is 0 Å². The van der Waals surface area contributed by atoms with Gasteiger partial charge in [0.25, 0.3) is 5.91 Å². The Kier molecular flexibility index (Phi) is 10.00. The molecule has 0 radical (unpaired) electrons. The van der Waals surface area contributed by atoms with Crippen molar-refractivity contribution in [1.82, 2.24) is 19.9 Å². The quantitative estimate of drug-likeness (QED) is 0.257. The monoisotopic (exact) mass is 769 g/mol. The first-order valence-electron chi connectivity index (χ1n) is 18.2. The number of nitrogens with zero attached hydrogens (tertiary/aromatic N) is 2. The van der Waals surface area contributed by atoms with E-state index in [0.29, 0.717) is 38.0 Å². The van der Waals surface area contributed by atoms with Crippen LogP contribution in [0.5, 0.6) is 11.6 Å². The molecule has 3 N–H and O–H groups in total. The van der Waals surface area contributed by atoms with Crippen LogP contribution >= 0.6 is 0 Å². The lowest BCUT2D eigenvalue weighted by atomic mass is 10.0. The Hall–Kier alpha value is -4.86. The van der Waals surface area contributed by atoms with E-state index in [1.807, 2.05) is 42.5 Å². The second-order valence-corrected chi connectivity index (χ2v) is 17.0. The van der Waals surface area contributed by atoms with Crippen LogP contribution in [-0.4, -0.2) is 77.4 Å². The minimum absolute atomic E-state index is 0.0265. The summed E-state index contributed by atoms with van der Waals surface area (Å²) in [5, 5.41) is 7.55. The normalized spacial score (nSPS) is 27.7. The molecule has 3 heterocycles. The standard InChI is InChI=1S/C38H42F3N5O7S/c1-36(17-18-36)54(50,51)45-35(49)37-22-25(37)11-5-3-2-4-6-15-30(43-26-12-9-13-27(20-26)53-38(39,40)41)34(48)46-23-28(21-31(46)32(47)44-37)52-33-29-14-8-7-10-24(29)16-19-42-33/h5,7-14,16,19-20,25,28,30-31,43H,2-4,6,15,17-18,21-23H2,1H3,(H,44,47)(H,45,49)/b11-5-/t25-,28+,30-,31-,37+/m0/s1. The van der Waals surface area contributed by atoms with E-state index < -0.39 is 74.2 Å². The molecule has 16 heteroatoms. The van der Waals surface area contributed by atoms with Crippen LogP contribution in [0.15, 0.2) is 72.9 Å². The number of rotatable bonds is 8. The molecule has 2 aliphatic carbocycles. The van der Waals surface area contributed by atoms with Crippen molar-refractivity contribution in [2.24, 2.45) is 5.92 Å². The minimum Gasteiger partial charge on any atom is -0.472 e. The summed E-state index contributed by atoms with van der Waals surface area (Å²) < 4.78 is 76.9. The van der Waals surface area contributed by atoms with Crippen LogP contribution in [0, 0.1) is 5.92 Å². The van der Waals surface area contributed by atoms with E-state index in [-0.39, 0.29) is 25.1 Å². The highest BCUT2D eigenvalue weighted by Gasteiger charge is 2.63. The van der Waals surface area contributed by atoms with Crippen molar-refractivity contribution in [1.29, 1.82) is 0 Å². The molecule has 288 valence electrons. The second kappa shape index (κ2) is 14.4. The van der Waals surface area contributed by atoms with Gasteiger partial charge in [-0.3, -0.25) is 19.1 Å². The van der Waals surface area contributed by atoms with Gasteiger partial charge in [0.1, 0.15) is 29.5 Å². The number of anilines is 1. The fraction of sp³-hybridized carbons (Fsp3) is 0.474. The zero-order valence-electron chi connectivity index (χ0n) is 29.6. The van der Waals surface area contributed by atoms with E-state index in [0.717, 1.165) is 35.7 Å². The Balaban J connectivity index is 1.20. The first-order valence-corrected chi connectivity index (χ1v) is 19.6. The van der Waals surface area contributed by atoms with Gasteiger partial charge in [-0.15, -0.1) is 13.2 Å². The number of carbonyl (C=O) groups excluding carboxylic acids is 3. The number of halogens is 3. The van der Waals surface area contributed by atoms with Crippen molar-refractivity contribution in [2.45, 2.75) is 99.5 Å². The summed E-state index contributed by atoms with van der Waals surface area (Å²) in [6.45, 7) is 1.53. The molecule has 12 nitrogen and oxygen atoms in total. The highest BCUT2D eigenvalue weighted by atomic mass is 32.2. The van der Waals surface area contributed by atoms with Crippen molar-refractivity contribution in [3.63, 3.8) is 0 Å². The number of hydrogen-bond acceptors (Lipinski definition) is 9. The fourth-order valence-corrected chi connectivity index (χ4v) is 8.59. The van der Waals surface area contributed by atoms with Gasteiger partial charge in [-0.2, -0.15) is 0 Å². The lowest BCUT2D eigenvalue weighted by molar-refractivity contribution is -0.274.